The molecule has 0 unspecified atom stereocenters. The molecule has 0 saturated carbocycles. The van der Waals surface area contributed by atoms with Gasteiger partial charge in [-0.15, -0.1) is 0 Å². The van der Waals surface area contributed by atoms with Crippen LogP contribution in [0.3, 0.4) is 0 Å². The molecule has 3 heterocycles. The average molecular weight is 342 g/mol. The zero-order valence-corrected chi connectivity index (χ0v) is 15.1. The number of carbonyl (C=O) groups excluding carboxylic acids is 1. The number of pyridine rings is 1. The largest absolute Gasteiger partial charge is 0.469 e. The second-order valence-electron chi connectivity index (χ2n) is 7.05. The van der Waals surface area contributed by atoms with E-state index in [-0.39, 0.29) is 11.9 Å². The maximum Gasteiger partial charge on any atom is 0.255 e. The molecule has 2 atom stereocenters. The minimum atomic E-state index is -0.0526. The van der Waals surface area contributed by atoms with Gasteiger partial charge in [-0.3, -0.25) is 14.7 Å². The Morgan fingerprint density at radius 2 is 2.24 bits per heavy atom. The van der Waals surface area contributed by atoms with Crippen LogP contribution < -0.4 is 5.32 Å². The van der Waals surface area contributed by atoms with Gasteiger partial charge in [0.05, 0.1) is 11.8 Å². The third kappa shape index (κ3) is 4.46. The van der Waals surface area contributed by atoms with Gasteiger partial charge in [0.25, 0.3) is 5.91 Å². The highest BCUT2D eigenvalue weighted by Gasteiger charge is 2.34. The maximum atomic E-state index is 12.6. The van der Waals surface area contributed by atoms with Gasteiger partial charge in [0, 0.05) is 50.5 Å². The number of aromatic nitrogens is 1. The molecule has 0 bridgehead atoms. The summed E-state index contributed by atoms with van der Waals surface area (Å²) in [6.07, 6.45) is 5.26. The van der Waals surface area contributed by atoms with E-state index in [4.69, 9.17) is 4.42 Å². The first kappa shape index (κ1) is 17.6. The summed E-state index contributed by atoms with van der Waals surface area (Å²) in [5.41, 5.74) is 1.82. The van der Waals surface area contributed by atoms with Crippen LogP contribution in [0.1, 0.15) is 21.7 Å². The fourth-order valence-corrected chi connectivity index (χ4v) is 3.52. The quantitative estimate of drug-likeness (QED) is 0.867. The minimum Gasteiger partial charge on any atom is -0.469 e. The summed E-state index contributed by atoms with van der Waals surface area (Å²) >= 11 is 0. The van der Waals surface area contributed by atoms with Crippen molar-refractivity contribution < 1.29 is 9.21 Å². The fraction of sp³-hybridized carbons (Fsp3) is 0.474. The predicted octanol–water partition coefficient (Wildman–Crippen LogP) is 1.78. The van der Waals surface area contributed by atoms with Crippen LogP contribution in [-0.2, 0) is 6.54 Å². The first-order valence-corrected chi connectivity index (χ1v) is 8.64. The van der Waals surface area contributed by atoms with Crippen molar-refractivity contribution in [2.45, 2.75) is 19.5 Å². The summed E-state index contributed by atoms with van der Waals surface area (Å²) in [7, 11) is 4.14. The number of amides is 1. The normalized spacial score (nSPS) is 21.0. The summed E-state index contributed by atoms with van der Waals surface area (Å²) in [5, 5.41) is 3.21. The van der Waals surface area contributed by atoms with Gasteiger partial charge in [0.1, 0.15) is 5.76 Å². The first-order chi connectivity index (χ1) is 12.0. The number of rotatable bonds is 6. The summed E-state index contributed by atoms with van der Waals surface area (Å²) in [4.78, 5) is 21.3. The number of hydrogen-bond donors (Lipinski definition) is 1. The molecule has 1 aliphatic heterocycles. The number of furan rings is 1. The number of nitrogens with one attached hydrogen (secondary N) is 1. The molecule has 6 nitrogen and oxygen atoms in total. The zero-order chi connectivity index (χ0) is 17.8. The minimum absolute atomic E-state index is 0.0526. The topological polar surface area (TPSA) is 61.6 Å². The van der Waals surface area contributed by atoms with Gasteiger partial charge in [-0.25, -0.2) is 0 Å². The van der Waals surface area contributed by atoms with E-state index >= 15 is 0 Å². The molecule has 2 aromatic heterocycles. The van der Waals surface area contributed by atoms with E-state index in [0.717, 1.165) is 26.2 Å². The lowest BCUT2D eigenvalue weighted by Crippen LogP contribution is -2.43. The van der Waals surface area contributed by atoms with E-state index in [1.54, 1.807) is 18.5 Å². The summed E-state index contributed by atoms with van der Waals surface area (Å²) < 4.78 is 5.26. The number of likely N-dealkylation sites (tertiary alicyclic amines) is 1. The Morgan fingerprint density at radius 3 is 2.88 bits per heavy atom. The lowest BCUT2D eigenvalue weighted by atomic mass is 10.0. The Kier molecular flexibility index (Phi) is 5.50. The Morgan fingerprint density at radius 1 is 1.40 bits per heavy atom. The molecule has 0 aromatic carbocycles. The van der Waals surface area contributed by atoms with Gasteiger partial charge >= 0.3 is 0 Å². The first-order valence-electron chi connectivity index (χ1n) is 8.64. The Labute approximate surface area is 148 Å². The van der Waals surface area contributed by atoms with Crippen molar-refractivity contribution in [1.82, 2.24) is 20.1 Å². The standard InChI is InChI=1S/C19H26N4O2/c1-14-17(6-8-25-14)19(24)21-18-13-23(12-16(18)11-22(2)3)10-15-5-4-7-20-9-15/h4-9,16,18H,10-13H2,1-3H3,(H,21,24)/t16-,18-/m1/s1. The molecule has 1 aliphatic rings. The van der Waals surface area contributed by atoms with Crippen LogP contribution in [-0.4, -0.2) is 60.5 Å². The van der Waals surface area contributed by atoms with Crippen molar-refractivity contribution in [1.29, 1.82) is 0 Å². The molecule has 2 aromatic rings. The monoisotopic (exact) mass is 342 g/mol. The van der Waals surface area contributed by atoms with E-state index < -0.39 is 0 Å². The smallest absolute Gasteiger partial charge is 0.255 e. The van der Waals surface area contributed by atoms with Gasteiger partial charge in [-0.05, 0) is 38.7 Å². The number of nitrogens with zero attached hydrogens (tertiary/aromatic N) is 3. The third-order valence-electron chi connectivity index (χ3n) is 4.67. The molecule has 0 spiro atoms. The van der Waals surface area contributed by atoms with E-state index in [9.17, 15) is 4.79 Å². The van der Waals surface area contributed by atoms with Crippen molar-refractivity contribution in [3.05, 3.63) is 53.7 Å². The van der Waals surface area contributed by atoms with E-state index in [1.165, 1.54) is 5.56 Å². The molecule has 1 amide bonds. The summed E-state index contributed by atoms with van der Waals surface area (Å²) in [5.74, 6) is 0.998. The Balaban J connectivity index is 1.67. The molecule has 1 fully saturated rings. The Bertz CT molecular complexity index is 698. The average Bonchev–Trinajstić information content (AvgIpc) is 3.14. The van der Waals surface area contributed by atoms with E-state index in [2.05, 4.69) is 40.3 Å². The molecular formula is C19H26N4O2. The number of hydrogen-bond acceptors (Lipinski definition) is 5. The zero-order valence-electron chi connectivity index (χ0n) is 15.1. The summed E-state index contributed by atoms with van der Waals surface area (Å²) in [6.45, 7) is 5.42. The number of carbonyl (C=O) groups is 1. The molecule has 0 radical (unpaired) electrons. The predicted molar refractivity (Wildman–Crippen MR) is 96.3 cm³/mol. The van der Waals surface area contributed by atoms with Gasteiger partial charge < -0.3 is 14.6 Å². The fourth-order valence-electron chi connectivity index (χ4n) is 3.52. The highest BCUT2D eigenvalue weighted by Crippen LogP contribution is 2.21. The third-order valence-corrected chi connectivity index (χ3v) is 4.67. The lowest BCUT2D eigenvalue weighted by molar-refractivity contribution is 0.0925. The highest BCUT2D eigenvalue weighted by molar-refractivity contribution is 5.95. The lowest BCUT2D eigenvalue weighted by Gasteiger charge is -2.22. The van der Waals surface area contributed by atoms with Crippen molar-refractivity contribution in [2.75, 3.05) is 33.7 Å². The molecule has 1 N–H and O–H groups in total. The van der Waals surface area contributed by atoms with Crippen molar-refractivity contribution in [3.8, 4) is 0 Å². The molecule has 134 valence electrons. The van der Waals surface area contributed by atoms with Gasteiger partial charge in [0.2, 0.25) is 0 Å². The van der Waals surface area contributed by atoms with Gasteiger partial charge in [-0.2, -0.15) is 0 Å². The molecule has 3 rings (SSSR count). The van der Waals surface area contributed by atoms with Crippen LogP contribution >= 0.6 is 0 Å². The molecule has 0 aliphatic carbocycles. The molecular weight excluding hydrogens is 316 g/mol. The maximum absolute atomic E-state index is 12.6. The van der Waals surface area contributed by atoms with Gasteiger partial charge in [-0.1, -0.05) is 6.07 Å². The van der Waals surface area contributed by atoms with Crippen LogP contribution in [0.5, 0.6) is 0 Å². The van der Waals surface area contributed by atoms with Crippen LogP contribution in [0.15, 0.2) is 41.3 Å². The number of aryl methyl sites for hydroxylation is 1. The Hall–Kier alpha value is -2.18. The second-order valence-corrected chi connectivity index (χ2v) is 7.05. The van der Waals surface area contributed by atoms with Crippen molar-refractivity contribution in [3.63, 3.8) is 0 Å². The van der Waals surface area contributed by atoms with E-state index in [1.807, 2.05) is 19.2 Å². The van der Waals surface area contributed by atoms with Crippen LogP contribution in [0.4, 0.5) is 0 Å². The highest BCUT2D eigenvalue weighted by atomic mass is 16.3. The van der Waals surface area contributed by atoms with Crippen LogP contribution in [0.25, 0.3) is 0 Å². The van der Waals surface area contributed by atoms with Crippen LogP contribution in [0.2, 0.25) is 0 Å². The SMILES string of the molecule is Cc1occc1C(=O)N[C@@H]1CN(Cc2cccnc2)C[C@H]1CN(C)C. The van der Waals surface area contributed by atoms with Crippen molar-refractivity contribution >= 4 is 5.91 Å². The second kappa shape index (κ2) is 7.80. The molecule has 1 saturated heterocycles. The summed E-state index contributed by atoms with van der Waals surface area (Å²) in [6, 6.07) is 5.91. The molecule has 6 heteroatoms. The van der Waals surface area contributed by atoms with E-state index in [0.29, 0.717) is 17.2 Å². The van der Waals surface area contributed by atoms with Crippen LogP contribution in [0, 0.1) is 12.8 Å². The van der Waals surface area contributed by atoms with Gasteiger partial charge in [0.15, 0.2) is 0 Å². The molecule has 25 heavy (non-hydrogen) atoms. The van der Waals surface area contributed by atoms with Crippen molar-refractivity contribution in [2.24, 2.45) is 5.92 Å².